The minimum Gasteiger partial charge on any atom is -0.391 e. The summed E-state index contributed by atoms with van der Waals surface area (Å²) in [6.07, 6.45) is -3.07. The standard InChI is InChI=1S/C23H27F3N4O4S/c1-2-13-5-6-14(20(32)30-17-8-15(9-18(17)31)34-23(24,25)26)7-16(13)29-21(33)19-11-28-22(35-19)27-10-12-3-4-12/h5-7,11-12,15,17-18,31H,2-4,8-10H2,1H3,(H,27,28)(H,29,33)(H,30,32)/t15-,17-,18-/m0/s1. The predicted octanol–water partition coefficient (Wildman–Crippen LogP) is 3.94. The number of amides is 2. The molecule has 2 amide bonds. The number of rotatable bonds is 9. The molecule has 0 radical (unpaired) electrons. The molecule has 2 fully saturated rings. The molecule has 0 saturated heterocycles. The number of nitrogens with one attached hydrogen (secondary N) is 3. The third-order valence-electron chi connectivity index (χ3n) is 6.07. The Bertz CT molecular complexity index is 1070. The van der Waals surface area contributed by atoms with Gasteiger partial charge in [-0.05, 0) is 49.3 Å². The molecular formula is C23H27F3N4O4S. The fourth-order valence-corrected chi connectivity index (χ4v) is 4.72. The Balaban J connectivity index is 1.39. The molecule has 2 aliphatic carbocycles. The number of hydrogen-bond acceptors (Lipinski definition) is 7. The second-order valence-electron chi connectivity index (χ2n) is 8.84. The number of thiazole rings is 1. The maximum absolute atomic E-state index is 12.8. The van der Waals surface area contributed by atoms with Gasteiger partial charge in [-0.3, -0.25) is 14.3 Å². The van der Waals surface area contributed by atoms with Crippen LogP contribution in [0.15, 0.2) is 24.4 Å². The van der Waals surface area contributed by atoms with E-state index in [0.717, 1.165) is 12.1 Å². The zero-order chi connectivity index (χ0) is 25.2. The highest BCUT2D eigenvalue weighted by atomic mass is 32.1. The SMILES string of the molecule is CCc1ccc(C(=O)N[C@H]2C[C@H](OC(F)(F)F)C[C@@H]2O)cc1NC(=O)c1cnc(NCC2CC2)s1. The smallest absolute Gasteiger partial charge is 0.391 e. The van der Waals surface area contributed by atoms with E-state index in [1.807, 2.05) is 6.92 Å². The van der Waals surface area contributed by atoms with E-state index >= 15 is 0 Å². The first-order chi connectivity index (χ1) is 16.6. The summed E-state index contributed by atoms with van der Waals surface area (Å²) in [5.41, 5.74) is 1.48. The van der Waals surface area contributed by atoms with Crippen molar-refractivity contribution in [2.24, 2.45) is 5.92 Å². The van der Waals surface area contributed by atoms with Crippen LogP contribution in [0.3, 0.4) is 0 Å². The lowest BCUT2D eigenvalue weighted by Crippen LogP contribution is -2.40. The van der Waals surface area contributed by atoms with Gasteiger partial charge in [-0.1, -0.05) is 24.3 Å². The number of aliphatic hydroxyl groups is 1. The van der Waals surface area contributed by atoms with Crippen LogP contribution in [0.4, 0.5) is 24.0 Å². The molecule has 0 unspecified atom stereocenters. The average Bonchev–Trinajstić information content (AvgIpc) is 3.40. The number of carbonyl (C=O) groups excluding carboxylic acids is 2. The molecule has 8 nitrogen and oxygen atoms in total. The molecule has 12 heteroatoms. The molecular weight excluding hydrogens is 485 g/mol. The van der Waals surface area contributed by atoms with Gasteiger partial charge in [-0.25, -0.2) is 4.98 Å². The van der Waals surface area contributed by atoms with Crippen LogP contribution in [0.25, 0.3) is 0 Å². The van der Waals surface area contributed by atoms with Crippen LogP contribution in [0.5, 0.6) is 0 Å². The number of aromatic nitrogens is 1. The lowest BCUT2D eigenvalue weighted by molar-refractivity contribution is -0.342. The van der Waals surface area contributed by atoms with Crippen molar-refractivity contribution in [2.75, 3.05) is 17.2 Å². The minimum absolute atomic E-state index is 0.161. The monoisotopic (exact) mass is 512 g/mol. The molecule has 2 aromatic rings. The van der Waals surface area contributed by atoms with Crippen LogP contribution >= 0.6 is 11.3 Å². The minimum atomic E-state index is -4.81. The number of alkyl halides is 3. The van der Waals surface area contributed by atoms with Gasteiger partial charge in [0.1, 0.15) is 4.88 Å². The van der Waals surface area contributed by atoms with Crippen molar-refractivity contribution >= 4 is 34.0 Å². The largest absolute Gasteiger partial charge is 0.522 e. The van der Waals surface area contributed by atoms with Crippen LogP contribution in [0, 0.1) is 5.92 Å². The van der Waals surface area contributed by atoms with Gasteiger partial charge in [0.05, 0.1) is 24.4 Å². The first kappa shape index (κ1) is 25.4. The third-order valence-corrected chi connectivity index (χ3v) is 7.03. The highest BCUT2D eigenvalue weighted by molar-refractivity contribution is 7.17. The number of carbonyl (C=O) groups is 2. The van der Waals surface area contributed by atoms with E-state index in [-0.39, 0.29) is 24.3 Å². The first-order valence-corrected chi connectivity index (χ1v) is 12.3. The van der Waals surface area contributed by atoms with Gasteiger partial charge in [0.15, 0.2) is 5.13 Å². The molecule has 0 bridgehead atoms. The Morgan fingerprint density at radius 2 is 2.00 bits per heavy atom. The Hall–Kier alpha value is -2.70. The molecule has 190 valence electrons. The highest BCUT2D eigenvalue weighted by Crippen LogP contribution is 2.31. The van der Waals surface area contributed by atoms with Crippen molar-refractivity contribution in [3.8, 4) is 0 Å². The maximum atomic E-state index is 12.8. The molecule has 4 rings (SSSR count). The van der Waals surface area contributed by atoms with Gasteiger partial charge in [-0.2, -0.15) is 0 Å². The van der Waals surface area contributed by atoms with E-state index < -0.39 is 30.5 Å². The van der Waals surface area contributed by atoms with Crippen molar-refractivity contribution in [1.29, 1.82) is 0 Å². The van der Waals surface area contributed by atoms with Crippen LogP contribution in [-0.4, -0.2) is 53.1 Å². The lowest BCUT2D eigenvalue weighted by atomic mass is 10.1. The first-order valence-electron chi connectivity index (χ1n) is 11.5. The van der Waals surface area contributed by atoms with Crippen molar-refractivity contribution in [2.45, 2.75) is 63.6 Å². The van der Waals surface area contributed by atoms with Gasteiger partial charge < -0.3 is 21.1 Å². The summed E-state index contributed by atoms with van der Waals surface area (Å²) in [5, 5.41) is 19.4. The number of nitrogens with zero attached hydrogens (tertiary/aromatic N) is 1. The third kappa shape index (κ3) is 6.92. The topological polar surface area (TPSA) is 113 Å². The van der Waals surface area contributed by atoms with Gasteiger partial charge in [0.2, 0.25) is 0 Å². The molecule has 3 atom stereocenters. The number of halogens is 3. The Morgan fingerprint density at radius 1 is 1.23 bits per heavy atom. The summed E-state index contributed by atoms with van der Waals surface area (Å²) in [6.45, 7) is 2.75. The number of aryl methyl sites for hydroxylation is 1. The van der Waals surface area contributed by atoms with Crippen molar-refractivity contribution < 1.29 is 32.6 Å². The summed E-state index contributed by atoms with van der Waals surface area (Å²) in [4.78, 5) is 30.2. The van der Waals surface area contributed by atoms with Gasteiger partial charge >= 0.3 is 6.36 Å². The Labute approximate surface area is 204 Å². The Kier molecular flexibility index (Phi) is 7.62. The fraction of sp³-hybridized carbons (Fsp3) is 0.522. The van der Waals surface area contributed by atoms with Crippen LogP contribution in [0.1, 0.15) is 58.2 Å². The molecule has 4 N–H and O–H groups in total. The van der Waals surface area contributed by atoms with E-state index in [4.69, 9.17) is 0 Å². The molecule has 0 spiro atoms. The van der Waals surface area contributed by atoms with Gasteiger partial charge in [-0.15, -0.1) is 13.2 Å². The van der Waals surface area contributed by atoms with E-state index in [9.17, 15) is 27.9 Å². The second-order valence-corrected chi connectivity index (χ2v) is 9.87. The number of hydrogen-bond donors (Lipinski definition) is 4. The predicted molar refractivity (Wildman–Crippen MR) is 125 cm³/mol. The van der Waals surface area contributed by atoms with Gasteiger partial charge in [0, 0.05) is 24.2 Å². The zero-order valence-corrected chi connectivity index (χ0v) is 19.8. The van der Waals surface area contributed by atoms with Gasteiger partial charge in [0.25, 0.3) is 11.8 Å². The van der Waals surface area contributed by atoms with Crippen LogP contribution in [0.2, 0.25) is 0 Å². The number of benzene rings is 1. The normalized spacial score (nSPS) is 22.1. The fourth-order valence-electron chi connectivity index (χ4n) is 4.00. The van der Waals surface area contributed by atoms with E-state index in [1.165, 1.54) is 36.4 Å². The lowest BCUT2D eigenvalue weighted by Gasteiger charge is -2.17. The molecule has 1 heterocycles. The van der Waals surface area contributed by atoms with Crippen LogP contribution < -0.4 is 16.0 Å². The van der Waals surface area contributed by atoms with E-state index in [2.05, 4.69) is 25.7 Å². The molecule has 0 aliphatic heterocycles. The average molecular weight is 513 g/mol. The van der Waals surface area contributed by atoms with Crippen LogP contribution in [-0.2, 0) is 11.2 Å². The van der Waals surface area contributed by atoms with Crippen molar-refractivity contribution in [1.82, 2.24) is 10.3 Å². The zero-order valence-electron chi connectivity index (χ0n) is 19.0. The quantitative estimate of drug-likeness (QED) is 0.405. The maximum Gasteiger partial charge on any atom is 0.522 e. The second kappa shape index (κ2) is 10.5. The molecule has 2 aliphatic rings. The Morgan fingerprint density at radius 3 is 2.69 bits per heavy atom. The summed E-state index contributed by atoms with van der Waals surface area (Å²) < 4.78 is 41.4. The molecule has 1 aromatic heterocycles. The number of ether oxygens (including phenoxy) is 1. The molecule has 2 saturated carbocycles. The number of anilines is 2. The summed E-state index contributed by atoms with van der Waals surface area (Å²) >= 11 is 1.25. The number of aliphatic hydroxyl groups excluding tert-OH is 1. The highest BCUT2D eigenvalue weighted by Gasteiger charge is 2.41. The van der Waals surface area contributed by atoms with E-state index in [0.29, 0.717) is 28.0 Å². The summed E-state index contributed by atoms with van der Waals surface area (Å²) in [7, 11) is 0. The molecule has 1 aromatic carbocycles. The van der Waals surface area contributed by atoms with Crippen molar-refractivity contribution in [3.63, 3.8) is 0 Å². The summed E-state index contributed by atoms with van der Waals surface area (Å²) in [6, 6.07) is 3.92. The van der Waals surface area contributed by atoms with Crippen molar-refractivity contribution in [3.05, 3.63) is 40.4 Å². The molecule has 35 heavy (non-hydrogen) atoms. The summed E-state index contributed by atoms with van der Waals surface area (Å²) in [5.74, 6) is -0.248. The van der Waals surface area contributed by atoms with E-state index in [1.54, 1.807) is 12.1 Å².